The van der Waals surface area contributed by atoms with Crippen LogP contribution in [0.15, 0.2) is 24.3 Å². The molecule has 1 aliphatic heterocycles. The van der Waals surface area contributed by atoms with Crippen LogP contribution >= 0.6 is 0 Å². The molecule has 0 bridgehead atoms. The molecule has 1 aromatic rings. The molecule has 4 nitrogen and oxygen atoms in total. The number of amides is 1. The fraction of sp³-hybridized carbons (Fsp3) is 0.533. The van der Waals surface area contributed by atoms with Crippen LogP contribution in [0.4, 0.5) is 0 Å². The third kappa shape index (κ3) is 4.56. The lowest BCUT2D eigenvalue weighted by Gasteiger charge is -2.22. The van der Waals surface area contributed by atoms with E-state index in [9.17, 15) is 4.79 Å². The Hall–Kier alpha value is -1.55. The molecule has 0 aromatic heterocycles. The number of hydrogen-bond donors (Lipinski definition) is 2. The summed E-state index contributed by atoms with van der Waals surface area (Å²) in [5.41, 5.74) is 1.06. The maximum absolute atomic E-state index is 11.9. The van der Waals surface area contributed by atoms with Crippen LogP contribution in [-0.2, 0) is 11.3 Å². The predicted octanol–water partition coefficient (Wildman–Crippen LogP) is 1.84. The van der Waals surface area contributed by atoms with Crippen LogP contribution in [-0.4, -0.2) is 25.6 Å². The lowest BCUT2D eigenvalue weighted by Crippen LogP contribution is -2.38. The van der Waals surface area contributed by atoms with Crippen molar-refractivity contribution in [3.8, 4) is 5.75 Å². The summed E-state index contributed by atoms with van der Waals surface area (Å²) in [4.78, 5) is 11.9. The zero-order valence-corrected chi connectivity index (χ0v) is 11.4. The highest BCUT2D eigenvalue weighted by Crippen LogP contribution is 2.13. The minimum atomic E-state index is 0.113. The lowest BCUT2D eigenvalue weighted by atomic mass is 10.0. The Balaban J connectivity index is 1.76. The Kier molecular flexibility index (Phi) is 5.21. The van der Waals surface area contributed by atoms with E-state index in [4.69, 9.17) is 4.74 Å². The van der Waals surface area contributed by atoms with Gasteiger partial charge in [0.05, 0.1) is 7.11 Å². The van der Waals surface area contributed by atoms with Gasteiger partial charge in [-0.05, 0) is 37.1 Å². The van der Waals surface area contributed by atoms with Gasteiger partial charge in [0, 0.05) is 19.0 Å². The summed E-state index contributed by atoms with van der Waals surface area (Å²) >= 11 is 0. The predicted molar refractivity (Wildman–Crippen MR) is 75.1 cm³/mol. The molecule has 19 heavy (non-hydrogen) atoms. The van der Waals surface area contributed by atoms with Crippen LogP contribution in [0.5, 0.6) is 5.75 Å². The first-order valence-electron chi connectivity index (χ1n) is 6.91. The average molecular weight is 262 g/mol. The van der Waals surface area contributed by atoms with Gasteiger partial charge in [0.1, 0.15) is 5.75 Å². The van der Waals surface area contributed by atoms with E-state index in [1.165, 1.54) is 12.8 Å². The first-order chi connectivity index (χ1) is 9.28. The standard InChI is InChI=1S/C15H22N2O2/c1-19-14-7-4-5-12(9-14)11-17-15(18)10-13-6-2-3-8-16-13/h4-5,7,9,13,16H,2-3,6,8,10-11H2,1H3,(H,17,18). The number of methoxy groups -OCH3 is 1. The van der Waals surface area contributed by atoms with Gasteiger partial charge in [0.2, 0.25) is 5.91 Å². The van der Waals surface area contributed by atoms with Crippen molar-refractivity contribution in [2.24, 2.45) is 0 Å². The highest BCUT2D eigenvalue weighted by Gasteiger charge is 2.15. The van der Waals surface area contributed by atoms with Crippen LogP contribution in [0.25, 0.3) is 0 Å². The quantitative estimate of drug-likeness (QED) is 0.851. The van der Waals surface area contributed by atoms with Crippen LogP contribution < -0.4 is 15.4 Å². The Labute approximate surface area is 114 Å². The topological polar surface area (TPSA) is 50.4 Å². The number of hydrogen-bond acceptors (Lipinski definition) is 3. The maximum atomic E-state index is 11.9. The molecule has 1 aromatic carbocycles. The Morgan fingerprint density at radius 1 is 1.47 bits per heavy atom. The molecule has 104 valence electrons. The van der Waals surface area contributed by atoms with Gasteiger partial charge in [-0.2, -0.15) is 0 Å². The van der Waals surface area contributed by atoms with Crippen LogP contribution in [0.1, 0.15) is 31.2 Å². The smallest absolute Gasteiger partial charge is 0.221 e. The van der Waals surface area contributed by atoms with Crippen LogP contribution in [0.3, 0.4) is 0 Å². The summed E-state index contributed by atoms with van der Waals surface area (Å²) in [6.07, 6.45) is 4.12. The number of carbonyl (C=O) groups is 1. The molecule has 0 spiro atoms. The number of nitrogens with one attached hydrogen (secondary N) is 2. The minimum Gasteiger partial charge on any atom is -0.497 e. The van der Waals surface area contributed by atoms with Crippen molar-refractivity contribution in [1.29, 1.82) is 0 Å². The fourth-order valence-corrected chi connectivity index (χ4v) is 2.38. The molecule has 1 fully saturated rings. The molecule has 1 aliphatic rings. The second-order valence-electron chi connectivity index (χ2n) is 4.98. The van der Waals surface area contributed by atoms with Crippen LogP contribution in [0, 0.1) is 0 Å². The minimum absolute atomic E-state index is 0.113. The van der Waals surface area contributed by atoms with Gasteiger partial charge in [-0.15, -0.1) is 0 Å². The zero-order valence-electron chi connectivity index (χ0n) is 11.4. The molecule has 0 saturated carbocycles. The molecule has 2 N–H and O–H groups in total. The van der Waals surface area contributed by atoms with Gasteiger partial charge in [-0.3, -0.25) is 4.79 Å². The molecule has 4 heteroatoms. The van der Waals surface area contributed by atoms with Gasteiger partial charge in [-0.25, -0.2) is 0 Å². The van der Waals surface area contributed by atoms with Gasteiger partial charge in [0.15, 0.2) is 0 Å². The molecule has 0 aliphatic carbocycles. The average Bonchev–Trinajstić information content (AvgIpc) is 2.46. The van der Waals surface area contributed by atoms with Crippen molar-refractivity contribution in [1.82, 2.24) is 10.6 Å². The number of benzene rings is 1. The number of rotatable bonds is 5. The summed E-state index contributed by atoms with van der Waals surface area (Å²) in [5, 5.41) is 6.35. The van der Waals surface area contributed by atoms with Crippen molar-refractivity contribution in [3.05, 3.63) is 29.8 Å². The summed E-state index contributed by atoms with van der Waals surface area (Å²) in [5.74, 6) is 0.933. The van der Waals surface area contributed by atoms with E-state index in [1.54, 1.807) is 7.11 Å². The molecular weight excluding hydrogens is 240 g/mol. The van der Waals surface area contributed by atoms with E-state index in [0.717, 1.165) is 24.3 Å². The molecular formula is C15H22N2O2. The second-order valence-corrected chi connectivity index (χ2v) is 4.98. The van der Waals surface area contributed by atoms with Gasteiger partial charge in [-0.1, -0.05) is 18.6 Å². The second kappa shape index (κ2) is 7.14. The van der Waals surface area contributed by atoms with Crippen molar-refractivity contribution in [2.45, 2.75) is 38.3 Å². The molecule has 1 amide bonds. The number of piperidine rings is 1. The van der Waals surface area contributed by atoms with E-state index in [-0.39, 0.29) is 5.91 Å². The highest BCUT2D eigenvalue weighted by molar-refractivity contribution is 5.76. The summed E-state index contributed by atoms with van der Waals surface area (Å²) in [6.45, 7) is 1.59. The normalized spacial score (nSPS) is 18.9. The summed E-state index contributed by atoms with van der Waals surface area (Å²) in [7, 11) is 1.65. The number of ether oxygens (including phenoxy) is 1. The molecule has 1 atom stereocenters. The Morgan fingerprint density at radius 3 is 3.11 bits per heavy atom. The maximum Gasteiger partial charge on any atom is 0.221 e. The van der Waals surface area contributed by atoms with Gasteiger partial charge >= 0.3 is 0 Å². The largest absolute Gasteiger partial charge is 0.497 e. The molecule has 1 saturated heterocycles. The van der Waals surface area contributed by atoms with Gasteiger partial charge in [0.25, 0.3) is 0 Å². The van der Waals surface area contributed by atoms with Crippen molar-refractivity contribution < 1.29 is 9.53 Å². The van der Waals surface area contributed by atoms with E-state index in [1.807, 2.05) is 24.3 Å². The first-order valence-corrected chi connectivity index (χ1v) is 6.91. The monoisotopic (exact) mass is 262 g/mol. The van der Waals surface area contributed by atoms with E-state index >= 15 is 0 Å². The van der Waals surface area contributed by atoms with E-state index in [0.29, 0.717) is 19.0 Å². The van der Waals surface area contributed by atoms with Crippen molar-refractivity contribution >= 4 is 5.91 Å². The third-order valence-electron chi connectivity index (χ3n) is 3.47. The SMILES string of the molecule is COc1cccc(CNC(=O)CC2CCCCN2)c1. The highest BCUT2D eigenvalue weighted by atomic mass is 16.5. The Bertz CT molecular complexity index is 414. The summed E-state index contributed by atoms with van der Waals surface area (Å²) in [6, 6.07) is 8.11. The van der Waals surface area contributed by atoms with Gasteiger partial charge < -0.3 is 15.4 Å². The third-order valence-corrected chi connectivity index (χ3v) is 3.47. The zero-order chi connectivity index (χ0) is 13.5. The van der Waals surface area contributed by atoms with Crippen molar-refractivity contribution in [3.63, 3.8) is 0 Å². The molecule has 2 rings (SSSR count). The first kappa shape index (κ1) is 13.9. The molecule has 1 unspecified atom stereocenters. The number of carbonyl (C=O) groups excluding carboxylic acids is 1. The van der Waals surface area contributed by atoms with Crippen molar-refractivity contribution in [2.75, 3.05) is 13.7 Å². The molecule has 1 heterocycles. The van der Waals surface area contributed by atoms with Crippen LogP contribution in [0.2, 0.25) is 0 Å². The van der Waals surface area contributed by atoms with E-state index < -0.39 is 0 Å². The summed E-state index contributed by atoms with van der Waals surface area (Å²) < 4.78 is 5.16. The lowest BCUT2D eigenvalue weighted by molar-refractivity contribution is -0.121. The Morgan fingerprint density at radius 2 is 2.37 bits per heavy atom. The van der Waals surface area contributed by atoms with E-state index in [2.05, 4.69) is 10.6 Å². The fourth-order valence-electron chi connectivity index (χ4n) is 2.38. The molecule has 0 radical (unpaired) electrons.